The molecule has 150 valence electrons. The summed E-state index contributed by atoms with van der Waals surface area (Å²) in [6.45, 7) is 2.27. The van der Waals surface area contributed by atoms with E-state index in [9.17, 15) is 4.79 Å². The van der Waals surface area contributed by atoms with Gasteiger partial charge in [-0.05, 0) is 41.3 Å². The van der Waals surface area contributed by atoms with Crippen LogP contribution in [-0.4, -0.2) is 24.2 Å². The van der Waals surface area contributed by atoms with E-state index < -0.39 is 0 Å². The number of carbonyl (C=O) groups excluding carboxylic acids is 1. The van der Waals surface area contributed by atoms with E-state index in [1.165, 1.54) is 5.56 Å². The van der Waals surface area contributed by atoms with E-state index in [2.05, 4.69) is 44.8 Å². The number of nitrogens with zero attached hydrogens (tertiary/aromatic N) is 1. The summed E-state index contributed by atoms with van der Waals surface area (Å²) in [4.78, 5) is 17.9. The van der Waals surface area contributed by atoms with E-state index in [4.69, 9.17) is 4.74 Å². The van der Waals surface area contributed by atoms with Crippen molar-refractivity contribution in [2.75, 3.05) is 28.7 Å². The van der Waals surface area contributed by atoms with Crippen molar-refractivity contribution in [3.8, 4) is 5.75 Å². The summed E-state index contributed by atoms with van der Waals surface area (Å²) in [5.74, 6) is 0.780. The maximum absolute atomic E-state index is 12.4. The predicted octanol–water partition coefficient (Wildman–Crippen LogP) is 5.21. The first-order chi connectivity index (χ1) is 14.7. The van der Waals surface area contributed by atoms with Crippen molar-refractivity contribution in [2.45, 2.75) is 6.54 Å². The van der Waals surface area contributed by atoms with E-state index in [1.807, 2.05) is 54.7 Å². The van der Waals surface area contributed by atoms with E-state index in [0.717, 1.165) is 41.1 Å². The molecule has 0 radical (unpaired) electrons. The van der Waals surface area contributed by atoms with Crippen LogP contribution in [0, 0.1) is 0 Å². The zero-order chi connectivity index (χ0) is 20.3. The fourth-order valence-electron chi connectivity index (χ4n) is 3.74. The number of benzene rings is 3. The minimum Gasteiger partial charge on any atom is -0.489 e. The molecule has 0 saturated heterocycles. The first-order valence-electron chi connectivity index (χ1n) is 9.95. The van der Waals surface area contributed by atoms with Gasteiger partial charge < -0.3 is 25.3 Å². The molecule has 0 fully saturated rings. The Labute approximate surface area is 174 Å². The van der Waals surface area contributed by atoms with E-state index in [1.54, 1.807) is 0 Å². The quantitative estimate of drug-likeness (QED) is 0.442. The summed E-state index contributed by atoms with van der Waals surface area (Å²) in [7, 11) is 0. The highest BCUT2D eigenvalue weighted by Gasteiger charge is 2.19. The SMILES string of the molecule is O=C(Nc1ccc2c(c1)OCCN2Cc1ccccc1)Nc1ccc2cc[nH]c2c1. The van der Waals surface area contributed by atoms with Gasteiger partial charge in [-0.3, -0.25) is 0 Å². The number of ether oxygens (including phenoxy) is 1. The van der Waals surface area contributed by atoms with Crippen molar-refractivity contribution in [2.24, 2.45) is 0 Å². The van der Waals surface area contributed by atoms with Gasteiger partial charge in [0.15, 0.2) is 0 Å². The Bertz CT molecular complexity index is 1190. The molecule has 3 aromatic carbocycles. The van der Waals surface area contributed by atoms with Gasteiger partial charge in [0, 0.05) is 35.7 Å². The number of nitrogens with one attached hydrogen (secondary N) is 3. The third-order valence-electron chi connectivity index (χ3n) is 5.21. The first-order valence-corrected chi connectivity index (χ1v) is 9.95. The number of aromatic amines is 1. The molecule has 6 heteroatoms. The van der Waals surface area contributed by atoms with Crippen molar-refractivity contribution < 1.29 is 9.53 Å². The Balaban J connectivity index is 1.28. The van der Waals surface area contributed by atoms with Crippen LogP contribution in [0.5, 0.6) is 5.75 Å². The first kappa shape index (κ1) is 18.1. The Hall–Kier alpha value is -3.93. The third kappa shape index (κ3) is 3.80. The van der Waals surface area contributed by atoms with Crippen LogP contribution in [0.2, 0.25) is 0 Å². The average Bonchev–Trinajstić information content (AvgIpc) is 3.22. The van der Waals surface area contributed by atoms with Crippen molar-refractivity contribution in [1.29, 1.82) is 0 Å². The largest absolute Gasteiger partial charge is 0.489 e. The van der Waals surface area contributed by atoms with Gasteiger partial charge in [0.1, 0.15) is 12.4 Å². The van der Waals surface area contributed by atoms with Crippen LogP contribution in [0.1, 0.15) is 5.56 Å². The molecule has 2 heterocycles. The topological polar surface area (TPSA) is 69.4 Å². The number of carbonyl (C=O) groups is 1. The molecule has 0 bridgehead atoms. The van der Waals surface area contributed by atoms with Gasteiger partial charge in [-0.15, -0.1) is 0 Å². The number of urea groups is 1. The normalized spacial score (nSPS) is 12.9. The summed E-state index contributed by atoms with van der Waals surface area (Å²) in [6, 6.07) is 23.6. The zero-order valence-corrected chi connectivity index (χ0v) is 16.4. The minimum atomic E-state index is -0.294. The van der Waals surface area contributed by atoms with Gasteiger partial charge in [0.05, 0.1) is 12.2 Å². The molecule has 3 N–H and O–H groups in total. The summed E-state index contributed by atoms with van der Waals surface area (Å²) < 4.78 is 5.85. The molecule has 4 aromatic rings. The molecular weight excluding hydrogens is 376 g/mol. The molecule has 2 amide bonds. The minimum absolute atomic E-state index is 0.294. The molecular formula is C24H22N4O2. The second-order valence-corrected chi connectivity index (χ2v) is 7.30. The van der Waals surface area contributed by atoms with Crippen LogP contribution < -0.4 is 20.3 Å². The molecule has 0 spiro atoms. The van der Waals surface area contributed by atoms with Crippen LogP contribution in [-0.2, 0) is 6.54 Å². The fraction of sp³-hybridized carbons (Fsp3) is 0.125. The maximum Gasteiger partial charge on any atom is 0.323 e. The van der Waals surface area contributed by atoms with Gasteiger partial charge in [0.2, 0.25) is 0 Å². The third-order valence-corrected chi connectivity index (χ3v) is 5.21. The number of aromatic nitrogens is 1. The highest BCUT2D eigenvalue weighted by atomic mass is 16.5. The van der Waals surface area contributed by atoms with Crippen LogP contribution in [0.3, 0.4) is 0 Å². The number of rotatable bonds is 4. The summed E-state index contributed by atoms with van der Waals surface area (Å²) in [5.41, 5.74) is 4.69. The lowest BCUT2D eigenvalue weighted by molar-refractivity contribution is 0.262. The lowest BCUT2D eigenvalue weighted by Gasteiger charge is -2.31. The Morgan fingerprint density at radius 3 is 2.63 bits per heavy atom. The number of amides is 2. The second-order valence-electron chi connectivity index (χ2n) is 7.30. The van der Waals surface area contributed by atoms with Crippen molar-refractivity contribution >= 4 is 34.0 Å². The number of H-pyrrole nitrogens is 1. The molecule has 0 unspecified atom stereocenters. The van der Waals surface area contributed by atoms with Crippen LogP contribution in [0.4, 0.5) is 21.9 Å². The molecule has 0 atom stereocenters. The summed E-state index contributed by atoms with van der Waals surface area (Å²) >= 11 is 0. The molecule has 5 rings (SSSR count). The van der Waals surface area contributed by atoms with Crippen LogP contribution >= 0.6 is 0 Å². The number of hydrogen-bond acceptors (Lipinski definition) is 3. The molecule has 0 aliphatic carbocycles. The van der Waals surface area contributed by atoms with Crippen LogP contribution in [0.15, 0.2) is 79.0 Å². The Morgan fingerprint density at radius 2 is 1.77 bits per heavy atom. The summed E-state index contributed by atoms with van der Waals surface area (Å²) in [6.07, 6.45) is 1.88. The molecule has 1 aromatic heterocycles. The van der Waals surface area contributed by atoms with E-state index in [0.29, 0.717) is 12.3 Å². The lowest BCUT2D eigenvalue weighted by Crippen LogP contribution is -2.32. The van der Waals surface area contributed by atoms with Crippen molar-refractivity contribution in [3.63, 3.8) is 0 Å². The second kappa shape index (κ2) is 7.83. The Morgan fingerprint density at radius 1 is 0.967 bits per heavy atom. The maximum atomic E-state index is 12.4. The smallest absolute Gasteiger partial charge is 0.323 e. The van der Waals surface area contributed by atoms with Gasteiger partial charge in [-0.25, -0.2) is 4.79 Å². The van der Waals surface area contributed by atoms with E-state index >= 15 is 0 Å². The highest BCUT2D eigenvalue weighted by Crippen LogP contribution is 2.35. The van der Waals surface area contributed by atoms with Gasteiger partial charge in [-0.1, -0.05) is 36.4 Å². The lowest BCUT2D eigenvalue weighted by atomic mass is 10.1. The van der Waals surface area contributed by atoms with Gasteiger partial charge in [0.25, 0.3) is 0 Å². The zero-order valence-electron chi connectivity index (χ0n) is 16.4. The van der Waals surface area contributed by atoms with E-state index in [-0.39, 0.29) is 6.03 Å². The fourth-order valence-corrected chi connectivity index (χ4v) is 3.74. The molecule has 1 aliphatic rings. The standard InChI is InChI=1S/C24H22N4O2/c29-24(26-19-7-6-18-10-11-25-21(18)14-19)27-20-8-9-22-23(15-20)30-13-12-28(22)16-17-4-2-1-3-5-17/h1-11,14-15,25H,12-13,16H2,(H2,26,27,29). The molecule has 0 saturated carbocycles. The monoisotopic (exact) mass is 398 g/mol. The van der Waals surface area contributed by atoms with Gasteiger partial charge >= 0.3 is 6.03 Å². The average molecular weight is 398 g/mol. The van der Waals surface area contributed by atoms with Crippen molar-refractivity contribution in [1.82, 2.24) is 4.98 Å². The van der Waals surface area contributed by atoms with Crippen LogP contribution in [0.25, 0.3) is 10.9 Å². The number of hydrogen-bond donors (Lipinski definition) is 3. The number of fused-ring (bicyclic) bond motifs is 2. The van der Waals surface area contributed by atoms with Gasteiger partial charge in [-0.2, -0.15) is 0 Å². The predicted molar refractivity (Wildman–Crippen MR) is 120 cm³/mol. The Kier molecular flexibility index (Phi) is 4.73. The molecule has 6 nitrogen and oxygen atoms in total. The highest BCUT2D eigenvalue weighted by molar-refractivity contribution is 6.01. The van der Waals surface area contributed by atoms with Crippen molar-refractivity contribution in [3.05, 3.63) is 84.6 Å². The number of anilines is 3. The molecule has 30 heavy (non-hydrogen) atoms. The summed E-state index contributed by atoms with van der Waals surface area (Å²) in [5, 5.41) is 6.87. The molecule has 1 aliphatic heterocycles.